The van der Waals surface area contributed by atoms with E-state index in [0.29, 0.717) is 5.56 Å². The molecule has 1 heterocycles. The maximum Gasteiger partial charge on any atom is 0.170 e. The number of aliphatic hydroxyl groups excluding tert-OH is 1. The summed E-state index contributed by atoms with van der Waals surface area (Å²) < 4.78 is 0. The Bertz CT molecular complexity index is 430. The molecule has 5 nitrogen and oxygen atoms in total. The lowest BCUT2D eigenvalue weighted by molar-refractivity contribution is 0.0971. The first kappa shape index (κ1) is 12.7. The average molecular weight is 249 g/mol. The third-order valence-electron chi connectivity index (χ3n) is 3.50. The highest BCUT2D eigenvalue weighted by molar-refractivity contribution is 5.97. The van der Waals surface area contributed by atoms with Crippen LogP contribution in [0.15, 0.2) is 29.4 Å². The minimum atomic E-state index is -0.197. The van der Waals surface area contributed by atoms with Gasteiger partial charge in [-0.15, -0.1) is 0 Å². The predicted octanol–water partition coefficient (Wildman–Crippen LogP) is 0.988. The van der Waals surface area contributed by atoms with Crippen molar-refractivity contribution in [3.05, 3.63) is 29.8 Å². The third kappa shape index (κ3) is 2.56. The normalized spacial score (nSPS) is 25.2. The van der Waals surface area contributed by atoms with Crippen LogP contribution in [0.4, 0.5) is 5.69 Å². The van der Waals surface area contributed by atoms with Crippen molar-refractivity contribution in [3.63, 3.8) is 0 Å². The Morgan fingerprint density at radius 1 is 1.39 bits per heavy atom. The molecule has 1 aliphatic rings. The Kier molecular flexibility index (Phi) is 3.72. The van der Waals surface area contributed by atoms with Gasteiger partial charge in [0.05, 0.1) is 6.10 Å². The molecule has 0 aromatic heterocycles. The van der Waals surface area contributed by atoms with Crippen LogP contribution in [0.25, 0.3) is 0 Å². The van der Waals surface area contributed by atoms with Crippen LogP contribution in [-0.2, 0) is 0 Å². The zero-order chi connectivity index (χ0) is 13.1. The number of rotatable bonds is 2. The lowest BCUT2D eigenvalue weighted by Crippen LogP contribution is -2.41. The number of benzene rings is 1. The second-order valence-electron chi connectivity index (χ2n) is 4.81. The molecule has 98 valence electrons. The van der Waals surface area contributed by atoms with E-state index in [-0.39, 0.29) is 17.9 Å². The molecule has 0 saturated carbocycles. The van der Waals surface area contributed by atoms with E-state index in [4.69, 9.17) is 10.9 Å². The maximum absolute atomic E-state index is 9.70. The molecule has 2 atom stereocenters. The number of amidine groups is 1. The Balaban J connectivity index is 2.10. The van der Waals surface area contributed by atoms with Crippen molar-refractivity contribution in [2.45, 2.75) is 19.4 Å². The number of piperidine rings is 1. The SMILES string of the molecule is CC1CN(c2ccc(/C(N)=N/O)cc2)CCC1O. The molecule has 1 fully saturated rings. The van der Waals surface area contributed by atoms with E-state index in [9.17, 15) is 5.11 Å². The van der Waals surface area contributed by atoms with Gasteiger partial charge < -0.3 is 20.9 Å². The molecule has 1 aromatic carbocycles. The molecule has 0 bridgehead atoms. The van der Waals surface area contributed by atoms with Gasteiger partial charge in [-0.2, -0.15) is 0 Å². The van der Waals surface area contributed by atoms with Crippen molar-refractivity contribution in [2.75, 3.05) is 18.0 Å². The predicted molar refractivity (Wildman–Crippen MR) is 71.0 cm³/mol. The van der Waals surface area contributed by atoms with Crippen LogP contribution in [0.2, 0.25) is 0 Å². The molecule has 4 N–H and O–H groups in total. The molecule has 0 amide bonds. The van der Waals surface area contributed by atoms with Crippen LogP contribution >= 0.6 is 0 Å². The first-order valence-electron chi connectivity index (χ1n) is 6.13. The van der Waals surface area contributed by atoms with Crippen molar-refractivity contribution in [2.24, 2.45) is 16.8 Å². The van der Waals surface area contributed by atoms with Gasteiger partial charge in [0.1, 0.15) is 0 Å². The molecule has 0 aliphatic carbocycles. The van der Waals surface area contributed by atoms with E-state index < -0.39 is 0 Å². The molecular formula is C13H19N3O2. The minimum absolute atomic E-state index is 0.115. The van der Waals surface area contributed by atoms with Crippen molar-refractivity contribution in [1.82, 2.24) is 0 Å². The van der Waals surface area contributed by atoms with Crippen LogP contribution in [0.5, 0.6) is 0 Å². The van der Waals surface area contributed by atoms with Gasteiger partial charge in [0.25, 0.3) is 0 Å². The van der Waals surface area contributed by atoms with Gasteiger partial charge in [-0.1, -0.05) is 12.1 Å². The Hall–Kier alpha value is -1.75. The smallest absolute Gasteiger partial charge is 0.170 e. The molecule has 0 spiro atoms. The van der Waals surface area contributed by atoms with Gasteiger partial charge in [-0.25, -0.2) is 0 Å². The van der Waals surface area contributed by atoms with E-state index in [1.807, 2.05) is 24.3 Å². The van der Waals surface area contributed by atoms with E-state index in [0.717, 1.165) is 25.2 Å². The van der Waals surface area contributed by atoms with Gasteiger partial charge in [0.2, 0.25) is 0 Å². The Morgan fingerprint density at radius 3 is 2.61 bits per heavy atom. The highest BCUT2D eigenvalue weighted by atomic mass is 16.4. The summed E-state index contributed by atoms with van der Waals surface area (Å²) >= 11 is 0. The lowest BCUT2D eigenvalue weighted by atomic mass is 9.96. The van der Waals surface area contributed by atoms with Crippen LogP contribution in [0.1, 0.15) is 18.9 Å². The molecule has 5 heteroatoms. The number of nitrogens with two attached hydrogens (primary N) is 1. The zero-order valence-corrected chi connectivity index (χ0v) is 10.5. The lowest BCUT2D eigenvalue weighted by Gasteiger charge is -2.36. The summed E-state index contributed by atoms with van der Waals surface area (Å²) in [6.45, 7) is 3.76. The summed E-state index contributed by atoms with van der Waals surface area (Å²) in [6, 6.07) is 7.58. The standard InChI is InChI=1S/C13H19N3O2/c1-9-8-16(7-6-12(9)17)11-4-2-10(3-5-11)13(14)15-18/h2-5,9,12,17-18H,6-8H2,1H3,(H2,14,15). The number of nitrogens with zero attached hydrogens (tertiary/aromatic N) is 2. The van der Waals surface area contributed by atoms with Gasteiger partial charge >= 0.3 is 0 Å². The summed E-state index contributed by atoms with van der Waals surface area (Å²) in [4.78, 5) is 2.24. The first-order chi connectivity index (χ1) is 8.61. The molecular weight excluding hydrogens is 230 g/mol. The monoisotopic (exact) mass is 249 g/mol. The molecule has 1 aliphatic heterocycles. The zero-order valence-electron chi connectivity index (χ0n) is 10.5. The molecule has 0 radical (unpaired) electrons. The fourth-order valence-corrected chi connectivity index (χ4v) is 2.27. The van der Waals surface area contributed by atoms with Crippen molar-refractivity contribution >= 4 is 11.5 Å². The van der Waals surface area contributed by atoms with Crippen molar-refractivity contribution in [3.8, 4) is 0 Å². The van der Waals surface area contributed by atoms with Gasteiger partial charge in [-0.3, -0.25) is 0 Å². The summed E-state index contributed by atoms with van der Waals surface area (Å²) in [5.41, 5.74) is 7.32. The molecule has 2 rings (SSSR count). The van der Waals surface area contributed by atoms with Crippen LogP contribution in [0.3, 0.4) is 0 Å². The Labute approximate surface area is 107 Å². The van der Waals surface area contributed by atoms with Crippen molar-refractivity contribution in [1.29, 1.82) is 0 Å². The second kappa shape index (κ2) is 5.27. The van der Waals surface area contributed by atoms with Gasteiger partial charge in [-0.05, 0) is 36.6 Å². The van der Waals surface area contributed by atoms with Crippen molar-refractivity contribution < 1.29 is 10.3 Å². The quantitative estimate of drug-likeness (QED) is 0.316. The average Bonchev–Trinajstić information content (AvgIpc) is 2.41. The van der Waals surface area contributed by atoms with Gasteiger partial charge in [0.15, 0.2) is 5.84 Å². The number of hydrogen-bond acceptors (Lipinski definition) is 4. The third-order valence-corrected chi connectivity index (χ3v) is 3.50. The second-order valence-corrected chi connectivity index (χ2v) is 4.81. The summed E-state index contributed by atoms with van der Waals surface area (Å²) in [6.07, 6.45) is 0.598. The van der Waals surface area contributed by atoms with E-state index in [1.54, 1.807) is 0 Å². The summed E-state index contributed by atoms with van der Waals surface area (Å²) in [7, 11) is 0. The number of aliphatic hydroxyl groups is 1. The Morgan fingerprint density at radius 2 is 2.06 bits per heavy atom. The topological polar surface area (TPSA) is 82.1 Å². The maximum atomic E-state index is 9.70. The number of anilines is 1. The minimum Gasteiger partial charge on any atom is -0.409 e. The fourth-order valence-electron chi connectivity index (χ4n) is 2.27. The van der Waals surface area contributed by atoms with E-state index in [2.05, 4.69) is 17.0 Å². The van der Waals surface area contributed by atoms with E-state index in [1.165, 1.54) is 0 Å². The number of hydrogen-bond donors (Lipinski definition) is 3. The van der Waals surface area contributed by atoms with Crippen LogP contribution in [-0.4, -0.2) is 35.3 Å². The van der Waals surface area contributed by atoms with Crippen LogP contribution < -0.4 is 10.6 Å². The molecule has 1 saturated heterocycles. The molecule has 18 heavy (non-hydrogen) atoms. The van der Waals surface area contributed by atoms with E-state index >= 15 is 0 Å². The first-order valence-corrected chi connectivity index (χ1v) is 6.13. The van der Waals surface area contributed by atoms with Gasteiger partial charge in [0, 0.05) is 24.3 Å². The largest absolute Gasteiger partial charge is 0.409 e. The summed E-state index contributed by atoms with van der Waals surface area (Å²) in [5.74, 6) is 0.395. The highest BCUT2D eigenvalue weighted by Gasteiger charge is 2.24. The number of oxime groups is 1. The molecule has 2 unspecified atom stereocenters. The highest BCUT2D eigenvalue weighted by Crippen LogP contribution is 2.23. The summed E-state index contributed by atoms with van der Waals surface area (Å²) in [5, 5.41) is 21.3. The van der Waals surface area contributed by atoms with Crippen LogP contribution in [0, 0.1) is 5.92 Å². The fraction of sp³-hybridized carbons (Fsp3) is 0.462. The molecule has 1 aromatic rings.